The average molecular weight is 257 g/mol. The van der Waals surface area contributed by atoms with E-state index in [9.17, 15) is 4.79 Å². The van der Waals surface area contributed by atoms with Crippen molar-refractivity contribution in [2.75, 3.05) is 18.8 Å². The first-order chi connectivity index (χ1) is 7.63. The smallest absolute Gasteiger partial charge is 0.233 e. The minimum atomic E-state index is 0.116. The predicted molar refractivity (Wildman–Crippen MR) is 67.7 cm³/mol. The van der Waals surface area contributed by atoms with Crippen LogP contribution in [0, 0.1) is 0 Å². The number of likely N-dealkylation sites (N-methyl/N-ethyl adjacent to an activating group) is 1. The van der Waals surface area contributed by atoms with Crippen LogP contribution in [0.15, 0.2) is 22.0 Å². The van der Waals surface area contributed by atoms with Crippen LogP contribution in [-0.2, 0) is 4.79 Å². The monoisotopic (exact) mass is 257 g/mol. The number of aromatic nitrogens is 2. The van der Waals surface area contributed by atoms with Gasteiger partial charge in [0.2, 0.25) is 5.91 Å². The van der Waals surface area contributed by atoms with Crippen LogP contribution < -0.4 is 0 Å². The molecule has 0 saturated carbocycles. The predicted octanol–water partition coefficient (Wildman–Crippen LogP) is 2.05. The molecule has 0 atom stereocenters. The lowest BCUT2D eigenvalue weighted by Crippen LogP contribution is -2.33. The van der Waals surface area contributed by atoms with Crippen molar-refractivity contribution in [3.05, 3.63) is 17.7 Å². The molecule has 1 aromatic heterocycles. The van der Waals surface area contributed by atoms with Gasteiger partial charge in [0, 0.05) is 13.1 Å². The summed E-state index contributed by atoms with van der Waals surface area (Å²) in [6.07, 6.45) is 0. The summed E-state index contributed by atoms with van der Waals surface area (Å²) in [5, 5.41) is 7.60. The second-order valence-corrected chi connectivity index (χ2v) is 5.41. The van der Waals surface area contributed by atoms with Gasteiger partial charge in [0.15, 0.2) is 4.34 Å². The molecule has 0 bridgehead atoms. The molecule has 88 valence electrons. The number of rotatable bonds is 6. The van der Waals surface area contributed by atoms with Crippen LogP contribution in [0.1, 0.15) is 13.8 Å². The van der Waals surface area contributed by atoms with Gasteiger partial charge in [0.05, 0.1) is 5.75 Å². The van der Waals surface area contributed by atoms with Crippen molar-refractivity contribution >= 4 is 29.0 Å². The van der Waals surface area contributed by atoms with Crippen LogP contribution in [0.5, 0.6) is 0 Å². The Kier molecular flexibility index (Phi) is 5.48. The second kappa shape index (κ2) is 6.65. The van der Waals surface area contributed by atoms with Crippen molar-refractivity contribution in [2.24, 2.45) is 0 Å². The highest BCUT2D eigenvalue weighted by Crippen LogP contribution is 2.19. The summed E-state index contributed by atoms with van der Waals surface area (Å²) in [7, 11) is 0. The molecule has 0 fully saturated rings. The Hall–Kier alpha value is -0.880. The highest BCUT2D eigenvalue weighted by atomic mass is 32.2. The Morgan fingerprint density at radius 1 is 1.69 bits per heavy atom. The van der Waals surface area contributed by atoms with E-state index >= 15 is 0 Å². The van der Waals surface area contributed by atoms with E-state index in [-0.39, 0.29) is 5.91 Å². The molecule has 0 aliphatic carbocycles. The summed E-state index contributed by atoms with van der Waals surface area (Å²) in [5.41, 5.74) is 2.66. The number of thioether (sulfide) groups is 1. The minimum Gasteiger partial charge on any atom is -0.338 e. The lowest BCUT2D eigenvalue weighted by molar-refractivity contribution is -0.127. The molecule has 0 saturated heterocycles. The Bertz CT molecular complexity index is 351. The topological polar surface area (TPSA) is 46.1 Å². The number of nitrogens with zero attached hydrogens (tertiary/aromatic N) is 3. The molecule has 0 radical (unpaired) electrons. The first-order valence-electron chi connectivity index (χ1n) is 4.94. The highest BCUT2D eigenvalue weighted by molar-refractivity contribution is 8.01. The van der Waals surface area contributed by atoms with E-state index in [0.717, 1.165) is 9.91 Å². The minimum absolute atomic E-state index is 0.116. The Labute approximate surface area is 104 Å². The van der Waals surface area contributed by atoms with E-state index in [2.05, 4.69) is 16.8 Å². The SMILES string of the molecule is C=C(C)CN(CC)C(=O)CSc1nncs1. The van der Waals surface area contributed by atoms with E-state index in [1.54, 1.807) is 10.4 Å². The first kappa shape index (κ1) is 13.2. The summed E-state index contributed by atoms with van der Waals surface area (Å²) in [6.45, 7) is 9.05. The quantitative estimate of drug-likeness (QED) is 0.578. The highest BCUT2D eigenvalue weighted by Gasteiger charge is 2.12. The third-order valence-corrected chi connectivity index (χ3v) is 3.70. The maximum absolute atomic E-state index is 11.8. The first-order valence-corrected chi connectivity index (χ1v) is 6.81. The lowest BCUT2D eigenvalue weighted by Gasteiger charge is -2.20. The fourth-order valence-corrected chi connectivity index (χ4v) is 2.53. The van der Waals surface area contributed by atoms with Crippen LogP contribution in [-0.4, -0.2) is 39.8 Å². The molecule has 0 spiro atoms. The molecular formula is C10H15N3OS2. The van der Waals surface area contributed by atoms with E-state index in [0.29, 0.717) is 18.8 Å². The van der Waals surface area contributed by atoms with Crippen LogP contribution >= 0.6 is 23.1 Å². The number of hydrogen-bond acceptors (Lipinski definition) is 5. The van der Waals surface area contributed by atoms with Gasteiger partial charge in [-0.3, -0.25) is 4.79 Å². The summed E-state index contributed by atoms with van der Waals surface area (Å²) in [6, 6.07) is 0. The number of carbonyl (C=O) groups excluding carboxylic acids is 1. The zero-order chi connectivity index (χ0) is 12.0. The molecule has 1 aromatic rings. The van der Waals surface area contributed by atoms with Gasteiger partial charge in [-0.25, -0.2) is 0 Å². The molecule has 0 aliphatic rings. The molecule has 1 rings (SSSR count). The van der Waals surface area contributed by atoms with Gasteiger partial charge in [-0.05, 0) is 13.8 Å². The molecule has 0 N–H and O–H groups in total. The lowest BCUT2D eigenvalue weighted by atomic mass is 10.3. The zero-order valence-electron chi connectivity index (χ0n) is 9.47. The molecule has 1 heterocycles. The van der Waals surface area contributed by atoms with Crippen molar-refractivity contribution in [1.29, 1.82) is 0 Å². The molecule has 6 heteroatoms. The van der Waals surface area contributed by atoms with E-state index in [1.165, 1.54) is 23.1 Å². The zero-order valence-corrected chi connectivity index (χ0v) is 11.1. The number of carbonyl (C=O) groups is 1. The van der Waals surface area contributed by atoms with Gasteiger partial charge in [-0.15, -0.1) is 10.2 Å². The fraction of sp³-hybridized carbons (Fsp3) is 0.500. The summed E-state index contributed by atoms with van der Waals surface area (Å²) < 4.78 is 0.833. The van der Waals surface area contributed by atoms with Crippen molar-refractivity contribution < 1.29 is 4.79 Å². The maximum atomic E-state index is 11.8. The number of hydrogen-bond donors (Lipinski definition) is 0. The molecule has 4 nitrogen and oxygen atoms in total. The van der Waals surface area contributed by atoms with Gasteiger partial charge in [0.25, 0.3) is 0 Å². The molecule has 1 amide bonds. The summed E-state index contributed by atoms with van der Waals surface area (Å²) in [5.74, 6) is 0.529. The van der Waals surface area contributed by atoms with E-state index in [1.807, 2.05) is 13.8 Å². The molecule has 0 aromatic carbocycles. The van der Waals surface area contributed by atoms with Crippen LogP contribution in [0.2, 0.25) is 0 Å². The average Bonchev–Trinajstić information content (AvgIpc) is 2.75. The molecule has 16 heavy (non-hydrogen) atoms. The Morgan fingerprint density at radius 3 is 2.94 bits per heavy atom. The van der Waals surface area contributed by atoms with Gasteiger partial charge >= 0.3 is 0 Å². The van der Waals surface area contributed by atoms with Crippen molar-refractivity contribution in [2.45, 2.75) is 18.2 Å². The summed E-state index contributed by atoms with van der Waals surface area (Å²) >= 11 is 2.88. The Balaban J connectivity index is 2.40. The fourth-order valence-electron chi connectivity index (χ4n) is 1.14. The largest absolute Gasteiger partial charge is 0.338 e. The standard InChI is InChI=1S/C10H15N3OS2/c1-4-13(5-8(2)3)9(14)6-15-10-12-11-7-16-10/h7H,2,4-6H2,1,3H3. The summed E-state index contributed by atoms with van der Waals surface area (Å²) in [4.78, 5) is 13.6. The van der Waals surface area contributed by atoms with Crippen molar-refractivity contribution in [3.8, 4) is 0 Å². The van der Waals surface area contributed by atoms with Gasteiger partial charge in [-0.1, -0.05) is 35.3 Å². The van der Waals surface area contributed by atoms with Crippen LogP contribution in [0.25, 0.3) is 0 Å². The van der Waals surface area contributed by atoms with E-state index < -0.39 is 0 Å². The third-order valence-electron chi connectivity index (χ3n) is 1.85. The van der Waals surface area contributed by atoms with Crippen molar-refractivity contribution in [1.82, 2.24) is 15.1 Å². The normalized spacial score (nSPS) is 10.1. The second-order valence-electron chi connectivity index (χ2n) is 3.36. The number of amides is 1. The third kappa shape index (κ3) is 4.32. The molecular weight excluding hydrogens is 242 g/mol. The maximum Gasteiger partial charge on any atom is 0.233 e. The van der Waals surface area contributed by atoms with Gasteiger partial charge in [0.1, 0.15) is 5.51 Å². The van der Waals surface area contributed by atoms with Crippen molar-refractivity contribution in [3.63, 3.8) is 0 Å². The molecule has 0 aliphatic heterocycles. The molecule has 0 unspecified atom stereocenters. The van der Waals surface area contributed by atoms with Gasteiger partial charge < -0.3 is 4.90 Å². The van der Waals surface area contributed by atoms with Gasteiger partial charge in [-0.2, -0.15) is 0 Å². The van der Waals surface area contributed by atoms with E-state index in [4.69, 9.17) is 0 Å². The van der Waals surface area contributed by atoms with Crippen LogP contribution in [0.4, 0.5) is 0 Å². The van der Waals surface area contributed by atoms with Crippen LogP contribution in [0.3, 0.4) is 0 Å². The Morgan fingerprint density at radius 2 is 2.44 bits per heavy atom.